The number of piperidine rings is 1. The fourth-order valence-electron chi connectivity index (χ4n) is 3.21. The number of carbonyl (C=O) groups is 1. The van der Waals surface area contributed by atoms with Gasteiger partial charge in [-0.05, 0) is 38.5 Å². The normalized spacial score (nSPS) is 21.5. The number of sulfonamides is 1. The van der Waals surface area contributed by atoms with E-state index in [1.807, 2.05) is 0 Å². The lowest BCUT2D eigenvalue weighted by Gasteiger charge is -2.25. The molecule has 1 heterocycles. The van der Waals surface area contributed by atoms with Crippen LogP contribution in [0.2, 0.25) is 0 Å². The van der Waals surface area contributed by atoms with E-state index < -0.39 is 10.0 Å². The fraction of sp³-hybridized carbons (Fsp3) is 0.933. The average Bonchev–Trinajstić information content (AvgIpc) is 2.97. The van der Waals surface area contributed by atoms with Crippen LogP contribution in [0.15, 0.2) is 0 Å². The summed E-state index contributed by atoms with van der Waals surface area (Å²) in [4.78, 5) is 11.8. The van der Waals surface area contributed by atoms with E-state index in [2.05, 4.69) is 5.32 Å². The third-order valence-corrected chi connectivity index (χ3v) is 6.44. The van der Waals surface area contributed by atoms with Crippen molar-refractivity contribution in [1.29, 1.82) is 0 Å². The zero-order chi connectivity index (χ0) is 15.1. The molecule has 0 radical (unpaired) electrons. The molecule has 2 aliphatic rings. The van der Waals surface area contributed by atoms with Gasteiger partial charge in [0.2, 0.25) is 15.9 Å². The number of amides is 1. The van der Waals surface area contributed by atoms with Crippen molar-refractivity contribution < 1.29 is 13.2 Å². The van der Waals surface area contributed by atoms with Gasteiger partial charge < -0.3 is 5.32 Å². The molecule has 0 aromatic carbocycles. The van der Waals surface area contributed by atoms with E-state index in [1.54, 1.807) is 4.31 Å². The van der Waals surface area contributed by atoms with E-state index in [1.165, 1.54) is 12.8 Å². The molecule has 0 spiro atoms. The van der Waals surface area contributed by atoms with Gasteiger partial charge in [-0.1, -0.05) is 19.3 Å². The van der Waals surface area contributed by atoms with Crippen molar-refractivity contribution in [2.24, 2.45) is 0 Å². The molecule has 0 aromatic rings. The van der Waals surface area contributed by atoms with Gasteiger partial charge in [0.05, 0.1) is 5.75 Å². The van der Waals surface area contributed by atoms with Crippen molar-refractivity contribution in [2.75, 3.05) is 18.8 Å². The molecule has 2 fully saturated rings. The largest absolute Gasteiger partial charge is 0.353 e. The van der Waals surface area contributed by atoms with Gasteiger partial charge in [-0.15, -0.1) is 0 Å². The predicted molar refractivity (Wildman–Crippen MR) is 83.5 cm³/mol. The number of hydrogen-bond acceptors (Lipinski definition) is 3. The van der Waals surface area contributed by atoms with Crippen molar-refractivity contribution in [1.82, 2.24) is 9.62 Å². The van der Waals surface area contributed by atoms with Gasteiger partial charge in [-0.3, -0.25) is 4.79 Å². The second-order valence-corrected chi connectivity index (χ2v) is 8.37. The van der Waals surface area contributed by atoms with Crippen molar-refractivity contribution in [2.45, 2.75) is 70.3 Å². The van der Waals surface area contributed by atoms with Crippen LogP contribution in [-0.2, 0) is 14.8 Å². The summed E-state index contributed by atoms with van der Waals surface area (Å²) in [5.74, 6) is 0.265. The molecular formula is C15H28N2O3S. The summed E-state index contributed by atoms with van der Waals surface area (Å²) in [6.07, 6.45) is 9.37. The maximum absolute atomic E-state index is 12.1. The highest BCUT2D eigenvalue weighted by molar-refractivity contribution is 7.89. The van der Waals surface area contributed by atoms with Gasteiger partial charge in [0.25, 0.3) is 0 Å². The fourth-order valence-corrected chi connectivity index (χ4v) is 4.85. The first-order valence-corrected chi connectivity index (χ1v) is 9.96. The molecule has 1 saturated heterocycles. The van der Waals surface area contributed by atoms with Gasteiger partial charge >= 0.3 is 0 Å². The zero-order valence-corrected chi connectivity index (χ0v) is 13.7. The van der Waals surface area contributed by atoms with Crippen molar-refractivity contribution in [3.05, 3.63) is 0 Å². The highest BCUT2D eigenvalue weighted by Crippen LogP contribution is 2.18. The maximum Gasteiger partial charge on any atom is 0.220 e. The average molecular weight is 316 g/mol. The van der Waals surface area contributed by atoms with Crippen LogP contribution >= 0.6 is 0 Å². The summed E-state index contributed by atoms with van der Waals surface area (Å²) in [6, 6.07) is 0.356. The molecule has 122 valence electrons. The van der Waals surface area contributed by atoms with Gasteiger partial charge in [-0.2, -0.15) is 0 Å². The first-order valence-electron chi connectivity index (χ1n) is 8.35. The first-order chi connectivity index (χ1) is 10.1. The minimum atomic E-state index is -3.10. The lowest BCUT2D eigenvalue weighted by molar-refractivity contribution is -0.121. The molecule has 21 heavy (non-hydrogen) atoms. The Morgan fingerprint density at radius 3 is 2.33 bits per heavy atom. The Labute approximate surface area is 128 Å². The summed E-state index contributed by atoms with van der Waals surface area (Å²) in [5.41, 5.74) is 0. The lowest BCUT2D eigenvalue weighted by atomic mass is 10.2. The molecule has 0 atom stereocenters. The molecule has 0 unspecified atom stereocenters. The molecule has 1 saturated carbocycles. The molecule has 1 N–H and O–H groups in total. The summed E-state index contributed by atoms with van der Waals surface area (Å²) >= 11 is 0. The van der Waals surface area contributed by atoms with Crippen LogP contribution in [0.3, 0.4) is 0 Å². The van der Waals surface area contributed by atoms with E-state index >= 15 is 0 Å². The van der Waals surface area contributed by atoms with Gasteiger partial charge in [-0.25, -0.2) is 12.7 Å². The van der Waals surface area contributed by atoms with E-state index in [0.29, 0.717) is 38.4 Å². The maximum atomic E-state index is 12.1. The first kappa shape index (κ1) is 16.7. The van der Waals surface area contributed by atoms with Gasteiger partial charge in [0.1, 0.15) is 0 Å². The van der Waals surface area contributed by atoms with Crippen LogP contribution in [0, 0.1) is 0 Å². The third-order valence-electron chi connectivity index (χ3n) is 4.48. The van der Waals surface area contributed by atoms with E-state index in [4.69, 9.17) is 0 Å². The minimum absolute atomic E-state index is 0.0808. The van der Waals surface area contributed by atoms with Gasteiger partial charge in [0.15, 0.2) is 0 Å². The second-order valence-electron chi connectivity index (χ2n) is 6.28. The van der Waals surface area contributed by atoms with Crippen molar-refractivity contribution in [3.8, 4) is 0 Å². The van der Waals surface area contributed by atoms with Crippen LogP contribution in [-0.4, -0.2) is 43.5 Å². The molecule has 1 aliphatic carbocycles. The number of nitrogens with one attached hydrogen (secondary N) is 1. The highest BCUT2D eigenvalue weighted by atomic mass is 32.2. The molecule has 0 aromatic heterocycles. The number of rotatable bonds is 7. The van der Waals surface area contributed by atoms with Crippen molar-refractivity contribution in [3.63, 3.8) is 0 Å². The van der Waals surface area contributed by atoms with Crippen LogP contribution in [0.5, 0.6) is 0 Å². The Morgan fingerprint density at radius 1 is 1.00 bits per heavy atom. The summed E-state index contributed by atoms with van der Waals surface area (Å²) in [5, 5.41) is 3.04. The SMILES string of the molecule is O=C(CCCCS(=O)(=O)N1CCCCC1)NC1CCCC1. The minimum Gasteiger partial charge on any atom is -0.353 e. The quantitative estimate of drug-likeness (QED) is 0.731. The summed E-state index contributed by atoms with van der Waals surface area (Å²) in [7, 11) is -3.10. The van der Waals surface area contributed by atoms with Crippen LogP contribution < -0.4 is 5.32 Å². The Bertz CT molecular complexity index is 424. The molecular weight excluding hydrogens is 288 g/mol. The third kappa shape index (κ3) is 5.58. The topological polar surface area (TPSA) is 66.5 Å². The molecule has 6 heteroatoms. The van der Waals surface area contributed by atoms with Crippen molar-refractivity contribution >= 4 is 15.9 Å². The predicted octanol–water partition coefficient (Wildman–Crippen LogP) is 2.03. The second kappa shape index (κ2) is 8.13. The monoisotopic (exact) mass is 316 g/mol. The Balaban J connectivity index is 1.60. The number of carbonyl (C=O) groups excluding carboxylic acids is 1. The van der Waals surface area contributed by atoms with Crippen LogP contribution in [0.1, 0.15) is 64.2 Å². The number of nitrogens with zero attached hydrogens (tertiary/aromatic N) is 1. The Kier molecular flexibility index (Phi) is 6.48. The highest BCUT2D eigenvalue weighted by Gasteiger charge is 2.23. The summed E-state index contributed by atoms with van der Waals surface area (Å²) in [6.45, 7) is 1.34. The van der Waals surface area contributed by atoms with Crippen LogP contribution in [0.25, 0.3) is 0 Å². The molecule has 1 aliphatic heterocycles. The summed E-state index contributed by atoms with van der Waals surface area (Å²) < 4.78 is 25.9. The zero-order valence-electron chi connectivity index (χ0n) is 12.8. The van der Waals surface area contributed by atoms with E-state index in [0.717, 1.165) is 32.1 Å². The van der Waals surface area contributed by atoms with E-state index in [9.17, 15) is 13.2 Å². The van der Waals surface area contributed by atoms with E-state index in [-0.39, 0.29) is 11.7 Å². The lowest BCUT2D eigenvalue weighted by Crippen LogP contribution is -2.37. The van der Waals surface area contributed by atoms with Gasteiger partial charge in [0, 0.05) is 25.6 Å². The number of hydrogen-bond donors (Lipinski definition) is 1. The molecule has 0 bridgehead atoms. The molecule has 2 rings (SSSR count). The molecule has 1 amide bonds. The standard InChI is InChI=1S/C15H28N2O3S/c18-15(16-14-8-2-3-9-14)10-4-7-13-21(19,20)17-11-5-1-6-12-17/h14H,1-13H2,(H,16,18). The Hall–Kier alpha value is -0.620. The smallest absolute Gasteiger partial charge is 0.220 e. The number of unbranched alkanes of at least 4 members (excludes halogenated alkanes) is 1. The van der Waals surface area contributed by atoms with Crippen LogP contribution in [0.4, 0.5) is 0 Å². The Morgan fingerprint density at radius 2 is 1.67 bits per heavy atom. The molecule has 5 nitrogen and oxygen atoms in total.